The van der Waals surface area contributed by atoms with Crippen LogP contribution in [0.1, 0.15) is 0 Å². The Morgan fingerprint density at radius 2 is 1.56 bits per heavy atom. The Labute approximate surface area is 104 Å². The molecule has 0 saturated heterocycles. The molecule has 2 aromatic heterocycles. The summed E-state index contributed by atoms with van der Waals surface area (Å²) in [4.78, 5) is 12.7. The van der Waals surface area contributed by atoms with Crippen LogP contribution in [0.3, 0.4) is 0 Å². The SMILES string of the molecule is Nc1nc(-c2ccccc2)nc(-n2cccc2)n1. The topological polar surface area (TPSA) is 69.6 Å². The normalized spacial score (nSPS) is 10.4. The van der Waals surface area contributed by atoms with Crippen LogP contribution in [0.15, 0.2) is 54.9 Å². The first-order valence-electron chi connectivity index (χ1n) is 5.53. The molecule has 0 amide bonds. The summed E-state index contributed by atoms with van der Waals surface area (Å²) < 4.78 is 1.80. The quantitative estimate of drug-likeness (QED) is 0.739. The van der Waals surface area contributed by atoms with Gasteiger partial charge in [-0.3, -0.25) is 4.57 Å². The highest BCUT2D eigenvalue weighted by Crippen LogP contribution is 2.16. The number of anilines is 1. The van der Waals surface area contributed by atoms with Crippen molar-refractivity contribution in [3.8, 4) is 17.3 Å². The lowest BCUT2D eigenvalue weighted by Crippen LogP contribution is -2.06. The van der Waals surface area contributed by atoms with E-state index in [1.807, 2.05) is 54.9 Å². The van der Waals surface area contributed by atoms with Gasteiger partial charge < -0.3 is 5.73 Å². The van der Waals surface area contributed by atoms with E-state index >= 15 is 0 Å². The molecule has 0 aliphatic rings. The van der Waals surface area contributed by atoms with E-state index in [4.69, 9.17) is 5.73 Å². The van der Waals surface area contributed by atoms with Gasteiger partial charge in [0.05, 0.1) is 0 Å². The van der Waals surface area contributed by atoms with Crippen LogP contribution in [-0.2, 0) is 0 Å². The molecule has 18 heavy (non-hydrogen) atoms. The molecule has 0 saturated carbocycles. The molecule has 3 rings (SSSR count). The van der Waals surface area contributed by atoms with Crippen molar-refractivity contribution >= 4 is 5.95 Å². The van der Waals surface area contributed by atoms with E-state index < -0.39 is 0 Å². The first-order chi connectivity index (χ1) is 8.83. The number of rotatable bonds is 2. The summed E-state index contributed by atoms with van der Waals surface area (Å²) in [6.07, 6.45) is 3.73. The number of nitrogens with zero attached hydrogens (tertiary/aromatic N) is 4. The zero-order valence-corrected chi connectivity index (χ0v) is 9.56. The summed E-state index contributed by atoms with van der Waals surface area (Å²) in [6.45, 7) is 0. The average Bonchev–Trinajstić information content (AvgIpc) is 2.93. The monoisotopic (exact) mass is 237 g/mol. The van der Waals surface area contributed by atoms with Crippen LogP contribution in [0.5, 0.6) is 0 Å². The molecule has 0 fully saturated rings. The van der Waals surface area contributed by atoms with E-state index in [0.29, 0.717) is 11.8 Å². The molecule has 88 valence electrons. The molecule has 5 heteroatoms. The second-order valence-corrected chi connectivity index (χ2v) is 3.77. The van der Waals surface area contributed by atoms with Gasteiger partial charge in [0, 0.05) is 18.0 Å². The van der Waals surface area contributed by atoms with E-state index in [-0.39, 0.29) is 5.95 Å². The Kier molecular flexibility index (Phi) is 2.49. The lowest BCUT2D eigenvalue weighted by molar-refractivity contribution is 0.914. The number of aromatic nitrogens is 4. The molecule has 2 N–H and O–H groups in total. The van der Waals surface area contributed by atoms with Gasteiger partial charge in [-0.15, -0.1) is 0 Å². The van der Waals surface area contributed by atoms with Crippen molar-refractivity contribution < 1.29 is 0 Å². The minimum absolute atomic E-state index is 0.215. The van der Waals surface area contributed by atoms with Gasteiger partial charge in [0.25, 0.3) is 0 Å². The molecule has 1 aromatic carbocycles. The van der Waals surface area contributed by atoms with Crippen molar-refractivity contribution in [3.63, 3.8) is 0 Å². The number of benzene rings is 1. The van der Waals surface area contributed by atoms with E-state index in [1.165, 1.54) is 0 Å². The Morgan fingerprint density at radius 3 is 2.28 bits per heavy atom. The number of nitrogen functional groups attached to an aromatic ring is 1. The minimum Gasteiger partial charge on any atom is -0.368 e. The van der Waals surface area contributed by atoms with Crippen molar-refractivity contribution in [3.05, 3.63) is 54.9 Å². The van der Waals surface area contributed by atoms with E-state index in [1.54, 1.807) is 4.57 Å². The van der Waals surface area contributed by atoms with Gasteiger partial charge in [-0.25, -0.2) is 0 Å². The molecule has 0 bridgehead atoms. The summed E-state index contributed by atoms with van der Waals surface area (Å²) in [5.74, 6) is 1.31. The van der Waals surface area contributed by atoms with E-state index in [9.17, 15) is 0 Å². The summed E-state index contributed by atoms with van der Waals surface area (Å²) in [7, 11) is 0. The fourth-order valence-electron chi connectivity index (χ4n) is 1.68. The van der Waals surface area contributed by atoms with Crippen molar-refractivity contribution in [1.29, 1.82) is 0 Å². The second-order valence-electron chi connectivity index (χ2n) is 3.77. The predicted octanol–water partition coefficient (Wildman–Crippen LogP) is 1.91. The molecule has 0 radical (unpaired) electrons. The lowest BCUT2D eigenvalue weighted by Gasteiger charge is -2.05. The van der Waals surface area contributed by atoms with Crippen LogP contribution in [0.2, 0.25) is 0 Å². The van der Waals surface area contributed by atoms with Crippen molar-refractivity contribution in [2.24, 2.45) is 0 Å². The molecule has 0 atom stereocenters. The maximum atomic E-state index is 5.73. The summed E-state index contributed by atoms with van der Waals surface area (Å²) in [6, 6.07) is 13.5. The fourth-order valence-corrected chi connectivity index (χ4v) is 1.68. The third kappa shape index (κ3) is 1.93. The first kappa shape index (κ1) is 10.5. The minimum atomic E-state index is 0.215. The number of hydrogen-bond donors (Lipinski definition) is 1. The molecule has 5 nitrogen and oxygen atoms in total. The first-order valence-corrected chi connectivity index (χ1v) is 5.53. The van der Waals surface area contributed by atoms with Crippen LogP contribution < -0.4 is 5.73 Å². The highest BCUT2D eigenvalue weighted by molar-refractivity contribution is 5.56. The zero-order valence-electron chi connectivity index (χ0n) is 9.56. The third-order valence-electron chi connectivity index (χ3n) is 2.51. The molecule has 2 heterocycles. The molecule has 0 aliphatic carbocycles. The lowest BCUT2D eigenvalue weighted by atomic mass is 10.2. The third-order valence-corrected chi connectivity index (χ3v) is 2.51. The summed E-state index contributed by atoms with van der Waals surface area (Å²) >= 11 is 0. The molecule has 0 spiro atoms. The predicted molar refractivity (Wildman–Crippen MR) is 69.0 cm³/mol. The average molecular weight is 237 g/mol. The Bertz CT molecular complexity index is 646. The largest absolute Gasteiger partial charge is 0.368 e. The Balaban J connectivity index is 2.12. The molecular formula is C13H11N5. The molecular weight excluding hydrogens is 226 g/mol. The van der Waals surface area contributed by atoms with Gasteiger partial charge in [-0.1, -0.05) is 30.3 Å². The molecule has 3 aromatic rings. The van der Waals surface area contributed by atoms with Gasteiger partial charge in [-0.2, -0.15) is 15.0 Å². The van der Waals surface area contributed by atoms with Crippen molar-refractivity contribution in [1.82, 2.24) is 19.5 Å². The van der Waals surface area contributed by atoms with Crippen LogP contribution in [0.25, 0.3) is 17.3 Å². The maximum Gasteiger partial charge on any atom is 0.238 e. The number of hydrogen-bond acceptors (Lipinski definition) is 4. The summed E-state index contributed by atoms with van der Waals surface area (Å²) in [5.41, 5.74) is 6.64. The van der Waals surface area contributed by atoms with Crippen LogP contribution in [0, 0.1) is 0 Å². The second kappa shape index (κ2) is 4.29. The van der Waals surface area contributed by atoms with Gasteiger partial charge in [0.2, 0.25) is 11.9 Å². The Morgan fingerprint density at radius 1 is 0.833 bits per heavy atom. The van der Waals surface area contributed by atoms with Gasteiger partial charge in [0.15, 0.2) is 5.82 Å². The highest BCUT2D eigenvalue weighted by Gasteiger charge is 2.07. The van der Waals surface area contributed by atoms with Gasteiger partial charge in [-0.05, 0) is 12.1 Å². The smallest absolute Gasteiger partial charge is 0.238 e. The number of nitrogens with two attached hydrogens (primary N) is 1. The Hall–Kier alpha value is -2.69. The highest BCUT2D eigenvalue weighted by atomic mass is 15.2. The molecule has 0 unspecified atom stereocenters. The van der Waals surface area contributed by atoms with Crippen LogP contribution in [-0.4, -0.2) is 19.5 Å². The fraction of sp³-hybridized carbons (Fsp3) is 0. The zero-order chi connectivity index (χ0) is 12.4. The standard InChI is InChI=1S/C13H11N5/c14-12-15-11(10-6-2-1-3-7-10)16-13(17-12)18-8-4-5-9-18/h1-9H,(H2,14,15,16,17). The van der Waals surface area contributed by atoms with Crippen molar-refractivity contribution in [2.75, 3.05) is 5.73 Å². The van der Waals surface area contributed by atoms with Gasteiger partial charge >= 0.3 is 0 Å². The maximum absolute atomic E-state index is 5.73. The molecule has 0 aliphatic heterocycles. The summed E-state index contributed by atoms with van der Waals surface area (Å²) in [5, 5.41) is 0. The van der Waals surface area contributed by atoms with Crippen LogP contribution in [0.4, 0.5) is 5.95 Å². The van der Waals surface area contributed by atoms with Gasteiger partial charge in [0.1, 0.15) is 0 Å². The van der Waals surface area contributed by atoms with Crippen molar-refractivity contribution in [2.45, 2.75) is 0 Å². The van der Waals surface area contributed by atoms with E-state index in [2.05, 4.69) is 15.0 Å². The van der Waals surface area contributed by atoms with Crippen LogP contribution >= 0.6 is 0 Å². The van der Waals surface area contributed by atoms with E-state index in [0.717, 1.165) is 5.56 Å².